The molecule has 20 heavy (non-hydrogen) atoms. The van der Waals surface area contributed by atoms with E-state index < -0.39 is 0 Å². The second kappa shape index (κ2) is 6.24. The molecule has 0 saturated carbocycles. The summed E-state index contributed by atoms with van der Waals surface area (Å²) < 4.78 is 1.70. The van der Waals surface area contributed by atoms with E-state index >= 15 is 0 Å². The topological polar surface area (TPSA) is 72.9 Å². The van der Waals surface area contributed by atoms with Gasteiger partial charge >= 0.3 is 0 Å². The molecule has 1 aromatic carbocycles. The van der Waals surface area contributed by atoms with E-state index in [2.05, 4.69) is 22.1 Å². The largest absolute Gasteiger partial charge is 0.340 e. The number of anilines is 1. The molecule has 0 aliphatic carbocycles. The summed E-state index contributed by atoms with van der Waals surface area (Å²) in [5.41, 5.74) is 6.90. The van der Waals surface area contributed by atoms with Crippen molar-refractivity contribution in [3.05, 3.63) is 47.0 Å². The summed E-state index contributed by atoms with van der Waals surface area (Å²) in [7, 11) is 1.80. The van der Waals surface area contributed by atoms with E-state index in [1.54, 1.807) is 42.3 Å². The normalized spacial score (nSPS) is 9.75. The summed E-state index contributed by atoms with van der Waals surface area (Å²) in [6.07, 6.45) is 3.20. The number of aryl methyl sites for hydroxylation is 1. The molecule has 0 spiro atoms. The number of nitrogens with one attached hydrogen (secondary N) is 1. The van der Waals surface area contributed by atoms with E-state index in [-0.39, 0.29) is 12.5 Å². The molecule has 1 aromatic heterocycles. The van der Waals surface area contributed by atoms with Crippen LogP contribution < -0.4 is 11.1 Å². The van der Waals surface area contributed by atoms with Crippen LogP contribution in [0.2, 0.25) is 5.02 Å². The highest BCUT2D eigenvalue weighted by Crippen LogP contribution is 2.20. The third-order valence-corrected chi connectivity index (χ3v) is 2.82. The van der Waals surface area contributed by atoms with E-state index in [1.165, 1.54) is 0 Å². The van der Waals surface area contributed by atoms with Crippen molar-refractivity contribution >= 4 is 23.2 Å². The van der Waals surface area contributed by atoms with Crippen LogP contribution in [0.3, 0.4) is 0 Å². The number of imidazole rings is 1. The van der Waals surface area contributed by atoms with Crippen LogP contribution in [0.25, 0.3) is 0 Å². The molecular formula is C14H13ClN4O. The summed E-state index contributed by atoms with van der Waals surface area (Å²) in [4.78, 5) is 15.9. The van der Waals surface area contributed by atoms with Crippen molar-refractivity contribution in [2.24, 2.45) is 12.8 Å². The third kappa shape index (κ3) is 3.38. The first kappa shape index (κ1) is 14.1. The minimum absolute atomic E-state index is 0.251. The Kier molecular flexibility index (Phi) is 4.41. The number of halogens is 1. The summed E-state index contributed by atoms with van der Waals surface area (Å²) in [6.45, 7) is 0.251. The van der Waals surface area contributed by atoms with Gasteiger partial charge in [-0.2, -0.15) is 0 Å². The fourth-order valence-corrected chi connectivity index (χ4v) is 1.74. The number of amides is 1. The standard InChI is InChI=1S/C14H13ClN4O/c1-19-8-13(17-9-19)14(20)18-11-4-5-12(15)10(7-11)3-2-6-16/h4-5,7-9H,6,16H2,1H3,(H,18,20). The average molecular weight is 289 g/mol. The molecule has 0 aliphatic rings. The van der Waals surface area contributed by atoms with E-state index in [0.717, 1.165) is 0 Å². The van der Waals surface area contributed by atoms with E-state index in [4.69, 9.17) is 17.3 Å². The Morgan fingerprint density at radius 1 is 1.55 bits per heavy atom. The van der Waals surface area contributed by atoms with Crippen LogP contribution in [0.5, 0.6) is 0 Å². The van der Waals surface area contributed by atoms with Gasteiger partial charge in [0.25, 0.3) is 5.91 Å². The average Bonchev–Trinajstić information content (AvgIpc) is 2.86. The number of carbonyl (C=O) groups is 1. The molecule has 0 atom stereocenters. The smallest absolute Gasteiger partial charge is 0.275 e. The van der Waals surface area contributed by atoms with E-state index in [9.17, 15) is 4.79 Å². The van der Waals surface area contributed by atoms with Crippen LogP contribution in [0, 0.1) is 11.8 Å². The van der Waals surface area contributed by atoms with Gasteiger partial charge in [0.1, 0.15) is 5.69 Å². The Morgan fingerprint density at radius 3 is 3.00 bits per heavy atom. The number of hydrogen-bond acceptors (Lipinski definition) is 3. The number of nitrogens with zero attached hydrogens (tertiary/aromatic N) is 2. The maximum Gasteiger partial charge on any atom is 0.275 e. The lowest BCUT2D eigenvalue weighted by Crippen LogP contribution is -2.12. The van der Waals surface area contributed by atoms with Gasteiger partial charge in [-0.05, 0) is 18.2 Å². The van der Waals surface area contributed by atoms with E-state index in [1.807, 2.05) is 0 Å². The van der Waals surface area contributed by atoms with Crippen LogP contribution in [0.4, 0.5) is 5.69 Å². The summed E-state index contributed by atoms with van der Waals surface area (Å²) >= 11 is 6.02. The predicted molar refractivity (Wildman–Crippen MR) is 78.5 cm³/mol. The van der Waals surface area contributed by atoms with Gasteiger partial charge in [0, 0.05) is 24.5 Å². The fraction of sp³-hybridized carbons (Fsp3) is 0.143. The Labute approximate surface area is 121 Å². The molecule has 6 heteroatoms. The molecular weight excluding hydrogens is 276 g/mol. The van der Waals surface area contributed by atoms with Crippen LogP contribution in [-0.4, -0.2) is 22.0 Å². The van der Waals surface area contributed by atoms with Gasteiger partial charge in [-0.1, -0.05) is 23.4 Å². The second-order valence-electron chi connectivity index (χ2n) is 4.08. The van der Waals surface area contributed by atoms with Gasteiger partial charge in [0.15, 0.2) is 0 Å². The van der Waals surface area contributed by atoms with Crippen molar-refractivity contribution in [3.8, 4) is 11.8 Å². The zero-order valence-electron chi connectivity index (χ0n) is 10.9. The zero-order chi connectivity index (χ0) is 14.5. The number of rotatable bonds is 2. The highest BCUT2D eigenvalue weighted by Gasteiger charge is 2.09. The monoisotopic (exact) mass is 288 g/mol. The summed E-state index contributed by atoms with van der Waals surface area (Å²) in [6, 6.07) is 5.08. The lowest BCUT2D eigenvalue weighted by atomic mass is 10.2. The van der Waals surface area contributed by atoms with Gasteiger partial charge in [0.2, 0.25) is 0 Å². The minimum Gasteiger partial charge on any atom is -0.340 e. The molecule has 1 heterocycles. The molecule has 2 aromatic rings. The molecule has 0 bridgehead atoms. The number of hydrogen-bond donors (Lipinski definition) is 2. The Morgan fingerprint density at radius 2 is 2.35 bits per heavy atom. The maximum atomic E-state index is 12.0. The molecule has 0 unspecified atom stereocenters. The van der Waals surface area contributed by atoms with Gasteiger partial charge in [0.05, 0.1) is 17.9 Å². The van der Waals surface area contributed by atoms with Crippen molar-refractivity contribution in [1.29, 1.82) is 0 Å². The summed E-state index contributed by atoms with van der Waals surface area (Å²) in [5, 5.41) is 3.26. The first-order chi connectivity index (χ1) is 9.60. The van der Waals surface area contributed by atoms with Gasteiger partial charge < -0.3 is 15.6 Å². The predicted octanol–water partition coefficient (Wildman–Crippen LogP) is 1.64. The Hall–Kier alpha value is -2.29. The summed E-state index contributed by atoms with van der Waals surface area (Å²) in [5.74, 6) is 5.29. The Balaban J connectivity index is 2.19. The maximum absolute atomic E-state index is 12.0. The molecule has 0 fully saturated rings. The SMILES string of the molecule is Cn1cnc(C(=O)Nc2ccc(Cl)c(C#CCN)c2)c1. The number of nitrogens with two attached hydrogens (primary N) is 1. The molecule has 3 N–H and O–H groups in total. The first-order valence-corrected chi connectivity index (χ1v) is 6.25. The number of benzene rings is 1. The molecule has 5 nitrogen and oxygen atoms in total. The fourth-order valence-electron chi connectivity index (χ4n) is 1.57. The van der Waals surface area contributed by atoms with Crippen molar-refractivity contribution in [1.82, 2.24) is 9.55 Å². The molecule has 0 radical (unpaired) electrons. The molecule has 102 valence electrons. The highest BCUT2D eigenvalue weighted by molar-refractivity contribution is 6.31. The first-order valence-electron chi connectivity index (χ1n) is 5.88. The number of carbonyl (C=O) groups excluding carboxylic acids is 1. The number of aromatic nitrogens is 2. The van der Waals surface area contributed by atoms with Gasteiger partial charge in [-0.3, -0.25) is 4.79 Å². The van der Waals surface area contributed by atoms with Crippen molar-refractivity contribution in [3.63, 3.8) is 0 Å². The zero-order valence-corrected chi connectivity index (χ0v) is 11.6. The second-order valence-corrected chi connectivity index (χ2v) is 4.49. The van der Waals surface area contributed by atoms with E-state index in [0.29, 0.717) is 22.0 Å². The molecule has 0 saturated heterocycles. The molecule has 2 rings (SSSR count). The highest BCUT2D eigenvalue weighted by atomic mass is 35.5. The Bertz CT molecular complexity index is 697. The molecule has 0 aliphatic heterocycles. The lowest BCUT2D eigenvalue weighted by molar-refractivity contribution is 0.102. The third-order valence-electron chi connectivity index (χ3n) is 2.49. The van der Waals surface area contributed by atoms with Crippen molar-refractivity contribution in [2.45, 2.75) is 0 Å². The molecule has 1 amide bonds. The quantitative estimate of drug-likeness (QED) is 0.825. The van der Waals surface area contributed by atoms with Gasteiger partial charge in [-0.15, -0.1) is 0 Å². The van der Waals surface area contributed by atoms with Crippen LogP contribution in [-0.2, 0) is 7.05 Å². The van der Waals surface area contributed by atoms with Gasteiger partial charge in [-0.25, -0.2) is 4.98 Å². The van der Waals surface area contributed by atoms with Crippen LogP contribution >= 0.6 is 11.6 Å². The van der Waals surface area contributed by atoms with Crippen LogP contribution in [0.1, 0.15) is 16.1 Å². The lowest BCUT2D eigenvalue weighted by Gasteiger charge is -2.05. The minimum atomic E-state index is -0.286. The van der Waals surface area contributed by atoms with Crippen molar-refractivity contribution in [2.75, 3.05) is 11.9 Å². The van der Waals surface area contributed by atoms with Crippen LogP contribution in [0.15, 0.2) is 30.7 Å². The van der Waals surface area contributed by atoms with Crippen molar-refractivity contribution < 1.29 is 4.79 Å².